The number of hydrogen-bond acceptors (Lipinski definition) is 4. The van der Waals surface area contributed by atoms with Crippen molar-refractivity contribution < 1.29 is 4.74 Å². The molecule has 1 aromatic carbocycles. The zero-order chi connectivity index (χ0) is 13.7. The van der Waals surface area contributed by atoms with Crippen LogP contribution in [0.25, 0.3) is 0 Å². The molecule has 0 aliphatic carbocycles. The van der Waals surface area contributed by atoms with Gasteiger partial charge in [0.15, 0.2) is 0 Å². The first kappa shape index (κ1) is 14.0. The number of pyridine rings is 1. The van der Waals surface area contributed by atoms with Crippen LogP contribution in [-0.4, -0.2) is 12.1 Å². The molecule has 1 heterocycles. The summed E-state index contributed by atoms with van der Waals surface area (Å²) in [6, 6.07) is 9.84. The van der Waals surface area contributed by atoms with E-state index in [4.69, 9.17) is 10.6 Å². The molecule has 1 unspecified atom stereocenters. The lowest BCUT2D eigenvalue weighted by atomic mass is 10.00. The molecule has 0 saturated heterocycles. The second-order valence-electron chi connectivity index (χ2n) is 4.17. The van der Waals surface area contributed by atoms with Crippen LogP contribution in [0.2, 0.25) is 0 Å². The monoisotopic (exact) mass is 321 g/mol. The maximum Gasteiger partial charge on any atom is 0.122 e. The van der Waals surface area contributed by atoms with Crippen molar-refractivity contribution in [2.24, 2.45) is 5.84 Å². The Bertz CT molecular complexity index is 533. The molecule has 0 saturated carbocycles. The van der Waals surface area contributed by atoms with Gasteiger partial charge in [0, 0.05) is 16.9 Å². The maximum absolute atomic E-state index is 5.65. The number of rotatable bonds is 5. The highest BCUT2D eigenvalue weighted by molar-refractivity contribution is 9.10. The Labute approximate surface area is 121 Å². The van der Waals surface area contributed by atoms with Gasteiger partial charge in [0.2, 0.25) is 0 Å². The fourth-order valence-corrected chi connectivity index (χ4v) is 2.39. The number of nitrogens with one attached hydrogen (secondary N) is 1. The lowest BCUT2D eigenvalue weighted by Gasteiger charge is -2.18. The molecule has 0 spiro atoms. The first-order valence-corrected chi connectivity index (χ1v) is 6.72. The van der Waals surface area contributed by atoms with E-state index in [2.05, 4.69) is 26.3 Å². The molecule has 0 aliphatic heterocycles. The molecule has 4 nitrogen and oxygen atoms in total. The van der Waals surface area contributed by atoms with Crippen molar-refractivity contribution in [3.05, 3.63) is 58.3 Å². The molecule has 1 aromatic heterocycles. The van der Waals surface area contributed by atoms with E-state index in [0.29, 0.717) is 0 Å². The summed E-state index contributed by atoms with van der Waals surface area (Å²) in [6.45, 7) is 0. The number of aromatic nitrogens is 1. The van der Waals surface area contributed by atoms with E-state index in [1.54, 1.807) is 13.3 Å². The highest BCUT2D eigenvalue weighted by atomic mass is 79.9. The molecular formula is C14H16BrN3O. The molecule has 19 heavy (non-hydrogen) atoms. The third kappa shape index (κ3) is 3.53. The van der Waals surface area contributed by atoms with Crippen LogP contribution < -0.4 is 16.0 Å². The van der Waals surface area contributed by atoms with Crippen molar-refractivity contribution in [1.29, 1.82) is 0 Å². The number of ether oxygens (including phenoxy) is 1. The topological polar surface area (TPSA) is 60.2 Å². The van der Waals surface area contributed by atoms with E-state index < -0.39 is 0 Å². The third-order valence-electron chi connectivity index (χ3n) is 2.95. The fraction of sp³-hybridized carbons (Fsp3) is 0.214. The van der Waals surface area contributed by atoms with Gasteiger partial charge < -0.3 is 4.74 Å². The average Bonchev–Trinajstić information content (AvgIpc) is 2.46. The fourth-order valence-electron chi connectivity index (χ4n) is 1.98. The van der Waals surface area contributed by atoms with Gasteiger partial charge >= 0.3 is 0 Å². The largest absolute Gasteiger partial charge is 0.496 e. The minimum absolute atomic E-state index is 0.00287. The number of hydrazine groups is 1. The van der Waals surface area contributed by atoms with Gasteiger partial charge in [-0.05, 0) is 41.8 Å². The van der Waals surface area contributed by atoms with Crippen LogP contribution in [0.15, 0.2) is 47.2 Å². The van der Waals surface area contributed by atoms with Crippen LogP contribution in [-0.2, 0) is 6.42 Å². The van der Waals surface area contributed by atoms with Crippen molar-refractivity contribution in [1.82, 2.24) is 10.4 Å². The zero-order valence-corrected chi connectivity index (χ0v) is 12.2. The first-order chi connectivity index (χ1) is 9.24. The molecule has 5 heteroatoms. The summed E-state index contributed by atoms with van der Waals surface area (Å²) in [5, 5.41) is 0. The number of nitrogens with two attached hydrogens (primary N) is 1. The van der Waals surface area contributed by atoms with Crippen molar-refractivity contribution in [2.45, 2.75) is 12.5 Å². The molecule has 0 amide bonds. The number of hydrogen-bond donors (Lipinski definition) is 2. The Morgan fingerprint density at radius 1 is 1.42 bits per heavy atom. The molecule has 0 fully saturated rings. The summed E-state index contributed by atoms with van der Waals surface area (Å²) < 4.78 is 6.40. The van der Waals surface area contributed by atoms with Gasteiger partial charge in [-0.2, -0.15) is 0 Å². The number of halogens is 1. The summed E-state index contributed by atoms with van der Waals surface area (Å²) in [7, 11) is 1.67. The van der Waals surface area contributed by atoms with Crippen molar-refractivity contribution >= 4 is 15.9 Å². The smallest absolute Gasteiger partial charge is 0.122 e. The number of benzene rings is 1. The lowest BCUT2D eigenvalue weighted by molar-refractivity contribution is 0.405. The minimum atomic E-state index is -0.00287. The lowest BCUT2D eigenvalue weighted by Crippen LogP contribution is -2.29. The van der Waals surface area contributed by atoms with Gasteiger partial charge in [0.25, 0.3) is 0 Å². The van der Waals surface area contributed by atoms with Crippen molar-refractivity contribution in [3.63, 3.8) is 0 Å². The summed E-state index contributed by atoms with van der Waals surface area (Å²) in [5.74, 6) is 6.51. The molecule has 100 valence electrons. The highest BCUT2D eigenvalue weighted by Crippen LogP contribution is 2.27. The van der Waals surface area contributed by atoms with Crippen LogP contribution in [0.4, 0.5) is 0 Å². The van der Waals surface area contributed by atoms with Gasteiger partial charge in [-0.1, -0.05) is 22.0 Å². The second kappa shape index (κ2) is 6.65. The second-order valence-corrected chi connectivity index (χ2v) is 5.08. The van der Waals surface area contributed by atoms with Crippen LogP contribution in [0, 0.1) is 0 Å². The predicted molar refractivity (Wildman–Crippen MR) is 78.7 cm³/mol. The molecule has 0 radical (unpaired) electrons. The normalized spacial score (nSPS) is 12.2. The standard InChI is InChI=1S/C14H16BrN3O/c1-19-14-5-4-12(15)7-11(14)8-13(18-16)10-3-2-6-17-9-10/h2-7,9,13,18H,8,16H2,1H3. The van der Waals surface area contributed by atoms with E-state index in [-0.39, 0.29) is 6.04 Å². The number of methoxy groups -OCH3 is 1. The van der Waals surface area contributed by atoms with Crippen LogP contribution in [0.3, 0.4) is 0 Å². The molecule has 0 aliphatic rings. The maximum atomic E-state index is 5.65. The number of nitrogens with zero attached hydrogens (tertiary/aromatic N) is 1. The summed E-state index contributed by atoms with van der Waals surface area (Å²) >= 11 is 3.47. The summed E-state index contributed by atoms with van der Waals surface area (Å²) in [4.78, 5) is 4.12. The molecule has 3 N–H and O–H groups in total. The molecule has 2 rings (SSSR count). The Kier molecular flexibility index (Phi) is 4.90. The molecule has 2 aromatic rings. The van der Waals surface area contributed by atoms with E-state index in [1.807, 2.05) is 36.5 Å². The van der Waals surface area contributed by atoms with E-state index in [9.17, 15) is 0 Å². The van der Waals surface area contributed by atoms with Crippen molar-refractivity contribution in [3.8, 4) is 5.75 Å². The Morgan fingerprint density at radius 2 is 2.26 bits per heavy atom. The molecule has 1 atom stereocenters. The van der Waals surface area contributed by atoms with Crippen molar-refractivity contribution in [2.75, 3.05) is 7.11 Å². The molecular weight excluding hydrogens is 306 g/mol. The van der Waals surface area contributed by atoms with Gasteiger partial charge in [0.05, 0.1) is 13.2 Å². The SMILES string of the molecule is COc1ccc(Br)cc1CC(NN)c1cccnc1. The van der Waals surface area contributed by atoms with Gasteiger partial charge in [-0.3, -0.25) is 16.3 Å². The summed E-state index contributed by atoms with van der Waals surface area (Å²) in [6.07, 6.45) is 4.29. The van der Waals surface area contributed by atoms with Gasteiger partial charge in [-0.15, -0.1) is 0 Å². The van der Waals surface area contributed by atoms with E-state index in [0.717, 1.165) is 27.8 Å². The van der Waals surface area contributed by atoms with E-state index >= 15 is 0 Å². The summed E-state index contributed by atoms with van der Waals surface area (Å²) in [5.41, 5.74) is 4.96. The predicted octanol–water partition coefficient (Wildman–Crippen LogP) is 2.60. The van der Waals surface area contributed by atoms with Crippen LogP contribution in [0.5, 0.6) is 5.75 Å². The van der Waals surface area contributed by atoms with Gasteiger partial charge in [-0.25, -0.2) is 0 Å². The Hall–Kier alpha value is -1.43. The van der Waals surface area contributed by atoms with E-state index in [1.165, 1.54) is 0 Å². The van der Waals surface area contributed by atoms with Crippen LogP contribution in [0.1, 0.15) is 17.2 Å². The molecule has 0 bridgehead atoms. The first-order valence-electron chi connectivity index (χ1n) is 5.93. The zero-order valence-electron chi connectivity index (χ0n) is 10.6. The third-order valence-corrected chi connectivity index (χ3v) is 3.45. The highest BCUT2D eigenvalue weighted by Gasteiger charge is 2.14. The Morgan fingerprint density at radius 3 is 2.89 bits per heavy atom. The Balaban J connectivity index is 2.26. The minimum Gasteiger partial charge on any atom is -0.496 e. The van der Waals surface area contributed by atoms with Crippen LogP contribution >= 0.6 is 15.9 Å². The average molecular weight is 322 g/mol. The van der Waals surface area contributed by atoms with Gasteiger partial charge in [0.1, 0.15) is 5.75 Å². The quantitative estimate of drug-likeness (QED) is 0.656.